The highest BCUT2D eigenvalue weighted by molar-refractivity contribution is 9.10. The lowest BCUT2D eigenvalue weighted by Crippen LogP contribution is -2.20. The van der Waals surface area contributed by atoms with Crippen LogP contribution in [0, 0.1) is 0 Å². The summed E-state index contributed by atoms with van der Waals surface area (Å²) in [4.78, 5) is 12.6. The fourth-order valence-corrected chi connectivity index (χ4v) is 4.88. The van der Waals surface area contributed by atoms with E-state index in [0.717, 1.165) is 26.5 Å². The molecule has 0 bridgehead atoms. The molecular formula is C27H20BrN5O2S. The number of para-hydroxylation sites is 1. The van der Waals surface area contributed by atoms with Gasteiger partial charge in [0.15, 0.2) is 11.0 Å². The molecule has 0 unspecified atom stereocenters. The Morgan fingerprint density at radius 3 is 2.64 bits per heavy atom. The fourth-order valence-electron chi connectivity index (χ4n) is 3.74. The predicted molar refractivity (Wildman–Crippen MR) is 147 cm³/mol. The van der Waals surface area contributed by atoms with Gasteiger partial charge in [0.2, 0.25) is 0 Å². The lowest BCUT2D eigenvalue weighted by Gasteiger charge is -2.10. The number of fused-ring (bicyclic) bond motifs is 1. The highest BCUT2D eigenvalue weighted by Gasteiger charge is 2.17. The quantitative estimate of drug-likeness (QED) is 0.150. The Balaban J connectivity index is 1.33. The molecule has 0 saturated heterocycles. The van der Waals surface area contributed by atoms with Gasteiger partial charge < -0.3 is 5.11 Å². The van der Waals surface area contributed by atoms with E-state index in [1.165, 1.54) is 18.0 Å². The Morgan fingerprint density at radius 1 is 1.00 bits per heavy atom. The number of benzene rings is 4. The molecule has 0 fully saturated rings. The Morgan fingerprint density at radius 2 is 1.81 bits per heavy atom. The van der Waals surface area contributed by atoms with Crippen LogP contribution >= 0.6 is 27.7 Å². The number of thioether (sulfide) groups is 1. The number of hydrogen-bond acceptors (Lipinski definition) is 6. The molecule has 5 rings (SSSR count). The molecule has 1 amide bonds. The SMILES string of the molecule is O=C(CSc1nnc(-c2cccc(Br)c2)n1-c1ccccc1)N/N=C/c1c(O)ccc2ccccc12. The molecule has 0 aliphatic heterocycles. The van der Waals surface area contributed by atoms with Crippen molar-refractivity contribution in [3.05, 3.63) is 101 Å². The van der Waals surface area contributed by atoms with E-state index in [1.807, 2.05) is 89.5 Å². The summed E-state index contributed by atoms with van der Waals surface area (Å²) in [5.74, 6) is 0.553. The molecule has 0 radical (unpaired) electrons. The summed E-state index contributed by atoms with van der Waals surface area (Å²) < 4.78 is 2.86. The van der Waals surface area contributed by atoms with Gasteiger partial charge >= 0.3 is 0 Å². The lowest BCUT2D eigenvalue weighted by atomic mass is 10.0. The summed E-state index contributed by atoms with van der Waals surface area (Å²) in [7, 11) is 0. The average molecular weight is 558 g/mol. The van der Waals surface area contributed by atoms with E-state index in [-0.39, 0.29) is 17.4 Å². The molecule has 0 spiro atoms. The topological polar surface area (TPSA) is 92.4 Å². The lowest BCUT2D eigenvalue weighted by molar-refractivity contribution is -0.118. The maximum atomic E-state index is 12.6. The Bertz CT molecular complexity index is 1570. The monoisotopic (exact) mass is 557 g/mol. The molecule has 2 N–H and O–H groups in total. The van der Waals surface area contributed by atoms with E-state index in [4.69, 9.17) is 0 Å². The van der Waals surface area contributed by atoms with Gasteiger partial charge in [-0.15, -0.1) is 10.2 Å². The number of hydrogen-bond donors (Lipinski definition) is 2. The molecule has 9 heteroatoms. The number of carbonyl (C=O) groups is 1. The van der Waals surface area contributed by atoms with Gasteiger partial charge in [0.05, 0.1) is 12.0 Å². The van der Waals surface area contributed by atoms with Gasteiger partial charge in [-0.25, -0.2) is 5.43 Å². The average Bonchev–Trinajstić information content (AvgIpc) is 3.33. The minimum Gasteiger partial charge on any atom is -0.507 e. The Kier molecular flexibility index (Phi) is 7.11. The number of hydrazone groups is 1. The molecule has 1 aromatic heterocycles. The van der Waals surface area contributed by atoms with E-state index in [2.05, 4.69) is 36.7 Å². The van der Waals surface area contributed by atoms with E-state index in [9.17, 15) is 9.90 Å². The van der Waals surface area contributed by atoms with Gasteiger partial charge in [0.25, 0.3) is 5.91 Å². The number of aromatic nitrogens is 3. The van der Waals surface area contributed by atoms with Crippen LogP contribution in [0.4, 0.5) is 0 Å². The first-order chi connectivity index (χ1) is 17.6. The van der Waals surface area contributed by atoms with Crippen molar-refractivity contribution in [2.24, 2.45) is 5.10 Å². The van der Waals surface area contributed by atoms with Gasteiger partial charge in [-0.1, -0.05) is 88.4 Å². The second-order valence-electron chi connectivity index (χ2n) is 7.79. The standard InChI is InChI=1S/C27H20BrN5O2S/c28-20-9-6-8-19(15-20)26-31-32-27(33(26)21-10-2-1-3-11-21)36-17-25(35)30-29-16-23-22-12-5-4-7-18(22)13-14-24(23)34/h1-16,34H,17H2,(H,30,35)/b29-16+. The summed E-state index contributed by atoms with van der Waals surface area (Å²) in [6.45, 7) is 0. The second kappa shape index (κ2) is 10.8. The molecule has 36 heavy (non-hydrogen) atoms. The zero-order chi connectivity index (χ0) is 24.9. The zero-order valence-electron chi connectivity index (χ0n) is 18.9. The minimum absolute atomic E-state index is 0.0856. The highest BCUT2D eigenvalue weighted by Crippen LogP contribution is 2.29. The van der Waals surface area contributed by atoms with Gasteiger partial charge in [-0.3, -0.25) is 9.36 Å². The van der Waals surface area contributed by atoms with Crippen LogP contribution in [0.2, 0.25) is 0 Å². The number of amides is 1. The summed E-state index contributed by atoms with van der Waals surface area (Å²) in [6.07, 6.45) is 1.46. The van der Waals surface area contributed by atoms with Gasteiger partial charge in [0.1, 0.15) is 5.75 Å². The molecule has 5 aromatic rings. The van der Waals surface area contributed by atoms with Crippen molar-refractivity contribution in [2.45, 2.75) is 5.16 Å². The molecule has 7 nitrogen and oxygen atoms in total. The molecule has 0 aliphatic rings. The van der Waals surface area contributed by atoms with Crippen molar-refractivity contribution in [3.63, 3.8) is 0 Å². The molecule has 0 aliphatic carbocycles. The normalized spacial score (nSPS) is 11.2. The van der Waals surface area contributed by atoms with E-state index < -0.39 is 0 Å². The Labute approximate surface area is 220 Å². The van der Waals surface area contributed by atoms with Crippen molar-refractivity contribution >= 4 is 50.6 Å². The molecular weight excluding hydrogens is 538 g/mol. The van der Waals surface area contributed by atoms with E-state index in [1.54, 1.807) is 6.07 Å². The number of aromatic hydroxyl groups is 1. The minimum atomic E-state index is -0.303. The second-order valence-corrected chi connectivity index (χ2v) is 9.65. The number of rotatable bonds is 7. The number of carbonyl (C=O) groups excluding carboxylic acids is 1. The number of nitrogens with one attached hydrogen (secondary N) is 1. The number of nitrogens with zero attached hydrogens (tertiary/aromatic N) is 4. The van der Waals surface area contributed by atoms with Crippen LogP contribution in [0.3, 0.4) is 0 Å². The first kappa shape index (κ1) is 23.8. The molecule has 178 valence electrons. The summed E-state index contributed by atoms with van der Waals surface area (Å²) in [6, 6.07) is 28.7. The van der Waals surface area contributed by atoms with Gasteiger partial charge in [-0.05, 0) is 41.1 Å². The van der Waals surface area contributed by atoms with Crippen LogP contribution in [0.15, 0.2) is 106 Å². The maximum absolute atomic E-state index is 12.6. The van der Waals surface area contributed by atoms with E-state index >= 15 is 0 Å². The highest BCUT2D eigenvalue weighted by atomic mass is 79.9. The van der Waals surface area contributed by atoms with Gasteiger partial charge in [0, 0.05) is 21.3 Å². The smallest absolute Gasteiger partial charge is 0.250 e. The van der Waals surface area contributed by atoms with Gasteiger partial charge in [-0.2, -0.15) is 5.10 Å². The largest absolute Gasteiger partial charge is 0.507 e. The van der Waals surface area contributed by atoms with Crippen LogP contribution < -0.4 is 5.43 Å². The number of phenols is 1. The molecule has 1 heterocycles. The first-order valence-corrected chi connectivity index (χ1v) is 12.8. The molecule has 4 aromatic carbocycles. The number of halogens is 1. The van der Waals surface area contributed by atoms with Crippen molar-refractivity contribution < 1.29 is 9.90 Å². The van der Waals surface area contributed by atoms with E-state index in [0.29, 0.717) is 16.5 Å². The van der Waals surface area contributed by atoms with Crippen LogP contribution in [0.25, 0.3) is 27.8 Å². The van der Waals surface area contributed by atoms with Crippen LogP contribution in [0.5, 0.6) is 5.75 Å². The summed E-state index contributed by atoms with van der Waals surface area (Å²) in [5, 5.41) is 25.5. The summed E-state index contributed by atoms with van der Waals surface area (Å²) >= 11 is 4.77. The van der Waals surface area contributed by atoms with Crippen LogP contribution in [-0.4, -0.2) is 37.7 Å². The molecule has 0 atom stereocenters. The summed E-state index contributed by atoms with van der Waals surface area (Å²) in [5.41, 5.74) is 4.87. The third-order valence-corrected chi connectivity index (χ3v) is 6.82. The Hall–Kier alpha value is -3.95. The third kappa shape index (κ3) is 5.17. The van der Waals surface area contributed by atoms with Crippen LogP contribution in [-0.2, 0) is 4.79 Å². The van der Waals surface area contributed by atoms with Crippen molar-refractivity contribution in [1.82, 2.24) is 20.2 Å². The maximum Gasteiger partial charge on any atom is 0.250 e. The third-order valence-electron chi connectivity index (χ3n) is 5.39. The number of phenolic OH excluding ortho intramolecular Hbond substituents is 1. The van der Waals surface area contributed by atoms with Crippen molar-refractivity contribution in [3.8, 4) is 22.8 Å². The first-order valence-electron chi connectivity index (χ1n) is 11.0. The van der Waals surface area contributed by atoms with Crippen molar-refractivity contribution in [2.75, 3.05) is 5.75 Å². The van der Waals surface area contributed by atoms with Crippen LogP contribution in [0.1, 0.15) is 5.56 Å². The zero-order valence-corrected chi connectivity index (χ0v) is 21.3. The fraction of sp³-hybridized carbons (Fsp3) is 0.0370. The molecule has 0 saturated carbocycles. The predicted octanol–water partition coefficient (Wildman–Crippen LogP) is 5.80. The van der Waals surface area contributed by atoms with Crippen molar-refractivity contribution in [1.29, 1.82) is 0 Å².